The second-order valence-electron chi connectivity index (χ2n) is 4.59. The molecule has 20 heavy (non-hydrogen) atoms. The SMILES string of the molecule is CCOc1cccc(C(=O)O)c1OCC(O)(CC)CC. The smallest absolute Gasteiger partial charge is 0.339 e. The van der Waals surface area contributed by atoms with E-state index in [1.54, 1.807) is 12.1 Å². The number of carbonyl (C=O) groups is 1. The molecule has 0 atom stereocenters. The summed E-state index contributed by atoms with van der Waals surface area (Å²) in [6.45, 7) is 5.97. The van der Waals surface area contributed by atoms with Crippen LogP contribution in [0.25, 0.3) is 0 Å². The lowest BCUT2D eigenvalue weighted by atomic mass is 9.99. The van der Waals surface area contributed by atoms with Crippen molar-refractivity contribution in [1.82, 2.24) is 0 Å². The Morgan fingerprint density at radius 2 is 1.85 bits per heavy atom. The van der Waals surface area contributed by atoms with Crippen LogP contribution in [-0.2, 0) is 0 Å². The van der Waals surface area contributed by atoms with Gasteiger partial charge in [-0.25, -0.2) is 4.79 Å². The summed E-state index contributed by atoms with van der Waals surface area (Å²) in [6, 6.07) is 4.71. The molecule has 5 nitrogen and oxygen atoms in total. The molecular formula is C15H22O5. The molecule has 0 bridgehead atoms. The minimum absolute atomic E-state index is 0.0321. The van der Waals surface area contributed by atoms with Crippen LogP contribution in [0.2, 0.25) is 0 Å². The molecule has 5 heteroatoms. The molecule has 0 saturated carbocycles. The van der Waals surface area contributed by atoms with E-state index in [2.05, 4.69) is 0 Å². The van der Waals surface area contributed by atoms with Gasteiger partial charge in [-0.1, -0.05) is 19.9 Å². The molecule has 0 spiro atoms. The van der Waals surface area contributed by atoms with E-state index in [4.69, 9.17) is 9.47 Å². The van der Waals surface area contributed by atoms with Crippen LogP contribution in [0.1, 0.15) is 44.0 Å². The van der Waals surface area contributed by atoms with Crippen LogP contribution in [0.15, 0.2) is 18.2 Å². The summed E-state index contributed by atoms with van der Waals surface area (Å²) in [5.74, 6) is -0.540. The number of rotatable bonds is 8. The number of para-hydroxylation sites is 1. The van der Waals surface area contributed by atoms with Gasteiger partial charge in [0.15, 0.2) is 11.5 Å². The first-order valence-corrected chi connectivity index (χ1v) is 6.81. The largest absolute Gasteiger partial charge is 0.490 e. The Morgan fingerprint density at radius 3 is 2.35 bits per heavy atom. The third-order valence-corrected chi connectivity index (χ3v) is 3.31. The highest BCUT2D eigenvalue weighted by Gasteiger charge is 2.25. The van der Waals surface area contributed by atoms with Crippen molar-refractivity contribution in [2.75, 3.05) is 13.2 Å². The first-order valence-electron chi connectivity index (χ1n) is 6.81. The van der Waals surface area contributed by atoms with E-state index in [1.165, 1.54) is 6.07 Å². The lowest BCUT2D eigenvalue weighted by Gasteiger charge is -2.26. The van der Waals surface area contributed by atoms with Gasteiger partial charge in [0.25, 0.3) is 0 Å². The van der Waals surface area contributed by atoms with Crippen LogP contribution in [0.4, 0.5) is 0 Å². The topological polar surface area (TPSA) is 76.0 Å². The second kappa shape index (κ2) is 7.14. The third kappa shape index (κ3) is 3.87. The van der Waals surface area contributed by atoms with Crippen LogP contribution in [0.5, 0.6) is 11.5 Å². The Morgan fingerprint density at radius 1 is 1.20 bits per heavy atom. The molecule has 1 aromatic carbocycles. The normalized spacial score (nSPS) is 11.2. The average Bonchev–Trinajstić information content (AvgIpc) is 2.45. The van der Waals surface area contributed by atoms with Crippen molar-refractivity contribution in [2.24, 2.45) is 0 Å². The van der Waals surface area contributed by atoms with E-state index in [0.29, 0.717) is 25.2 Å². The molecule has 0 fully saturated rings. The predicted molar refractivity (Wildman–Crippen MR) is 75.6 cm³/mol. The molecular weight excluding hydrogens is 260 g/mol. The molecule has 0 heterocycles. The van der Waals surface area contributed by atoms with Crippen molar-refractivity contribution in [3.63, 3.8) is 0 Å². The van der Waals surface area contributed by atoms with E-state index >= 15 is 0 Å². The Labute approximate surface area is 119 Å². The molecule has 0 unspecified atom stereocenters. The van der Waals surface area contributed by atoms with Gasteiger partial charge in [0.1, 0.15) is 12.2 Å². The number of hydrogen-bond acceptors (Lipinski definition) is 4. The Kier molecular flexibility index (Phi) is 5.82. The highest BCUT2D eigenvalue weighted by Crippen LogP contribution is 2.32. The third-order valence-electron chi connectivity index (χ3n) is 3.31. The minimum Gasteiger partial charge on any atom is -0.490 e. The van der Waals surface area contributed by atoms with Gasteiger partial charge in [0.2, 0.25) is 0 Å². The summed E-state index contributed by atoms with van der Waals surface area (Å²) >= 11 is 0. The highest BCUT2D eigenvalue weighted by atomic mass is 16.5. The van der Waals surface area contributed by atoms with Crippen molar-refractivity contribution < 1.29 is 24.5 Å². The Hall–Kier alpha value is -1.75. The summed E-state index contributed by atoms with van der Waals surface area (Å²) in [4.78, 5) is 11.2. The highest BCUT2D eigenvalue weighted by molar-refractivity contribution is 5.92. The predicted octanol–water partition coefficient (Wildman–Crippen LogP) is 2.71. The lowest BCUT2D eigenvalue weighted by molar-refractivity contribution is -0.0124. The molecule has 0 aromatic heterocycles. The van der Waals surface area contributed by atoms with E-state index in [9.17, 15) is 15.0 Å². The molecule has 2 N–H and O–H groups in total. The van der Waals surface area contributed by atoms with Crippen LogP contribution < -0.4 is 9.47 Å². The maximum Gasteiger partial charge on any atom is 0.339 e. The van der Waals surface area contributed by atoms with Crippen LogP contribution >= 0.6 is 0 Å². The molecule has 0 aliphatic rings. The second-order valence-corrected chi connectivity index (χ2v) is 4.59. The van der Waals surface area contributed by atoms with Crippen molar-refractivity contribution in [3.8, 4) is 11.5 Å². The number of ether oxygens (including phenoxy) is 2. The summed E-state index contributed by atoms with van der Waals surface area (Å²) < 4.78 is 11.0. The zero-order valence-corrected chi connectivity index (χ0v) is 12.2. The number of carboxylic acid groups (broad SMARTS) is 1. The maximum absolute atomic E-state index is 11.2. The summed E-state index contributed by atoms with van der Waals surface area (Å²) in [7, 11) is 0. The summed E-state index contributed by atoms with van der Waals surface area (Å²) in [5.41, 5.74) is -0.930. The van der Waals surface area contributed by atoms with E-state index in [-0.39, 0.29) is 17.9 Å². The number of aliphatic hydroxyl groups is 1. The average molecular weight is 282 g/mol. The Bertz CT molecular complexity index is 452. The van der Waals surface area contributed by atoms with Gasteiger partial charge in [-0.15, -0.1) is 0 Å². The number of carboxylic acids is 1. The van der Waals surface area contributed by atoms with Gasteiger partial charge in [0.05, 0.1) is 12.2 Å². The molecule has 0 radical (unpaired) electrons. The maximum atomic E-state index is 11.2. The molecule has 0 amide bonds. The molecule has 0 aliphatic carbocycles. The zero-order valence-electron chi connectivity index (χ0n) is 12.2. The molecule has 0 aliphatic heterocycles. The Balaban J connectivity index is 3.04. The van der Waals surface area contributed by atoms with Gasteiger partial charge in [0, 0.05) is 0 Å². The molecule has 1 aromatic rings. The van der Waals surface area contributed by atoms with Crippen LogP contribution in [0.3, 0.4) is 0 Å². The number of hydrogen-bond donors (Lipinski definition) is 2. The van der Waals surface area contributed by atoms with E-state index in [0.717, 1.165) is 0 Å². The fraction of sp³-hybridized carbons (Fsp3) is 0.533. The fourth-order valence-electron chi connectivity index (χ4n) is 1.76. The first kappa shape index (κ1) is 16.3. The standard InChI is InChI=1S/C15H22O5/c1-4-15(18,5-2)10-20-13-11(14(16)17)8-7-9-12(13)19-6-3/h7-9,18H,4-6,10H2,1-3H3,(H,16,17). The van der Waals surface area contributed by atoms with Gasteiger partial charge >= 0.3 is 5.97 Å². The molecule has 1 rings (SSSR count). The van der Waals surface area contributed by atoms with E-state index < -0.39 is 11.6 Å². The summed E-state index contributed by atoms with van der Waals surface area (Å²) in [5, 5.41) is 19.4. The van der Waals surface area contributed by atoms with Gasteiger partial charge in [-0.2, -0.15) is 0 Å². The van der Waals surface area contributed by atoms with Gasteiger partial charge in [-0.3, -0.25) is 0 Å². The summed E-state index contributed by atoms with van der Waals surface area (Å²) in [6.07, 6.45) is 1.06. The molecule has 112 valence electrons. The van der Waals surface area contributed by atoms with Gasteiger partial charge < -0.3 is 19.7 Å². The number of benzene rings is 1. The minimum atomic E-state index is -1.09. The van der Waals surface area contributed by atoms with Crippen molar-refractivity contribution in [3.05, 3.63) is 23.8 Å². The van der Waals surface area contributed by atoms with Crippen LogP contribution in [-0.4, -0.2) is 35.0 Å². The van der Waals surface area contributed by atoms with Crippen molar-refractivity contribution in [2.45, 2.75) is 39.2 Å². The zero-order chi connectivity index (χ0) is 15.2. The fourth-order valence-corrected chi connectivity index (χ4v) is 1.76. The quantitative estimate of drug-likeness (QED) is 0.766. The monoisotopic (exact) mass is 282 g/mol. The lowest BCUT2D eigenvalue weighted by Crippen LogP contribution is -2.34. The van der Waals surface area contributed by atoms with Crippen LogP contribution in [0, 0.1) is 0 Å². The van der Waals surface area contributed by atoms with Gasteiger partial charge in [-0.05, 0) is 31.9 Å². The number of aromatic carboxylic acids is 1. The molecule has 0 saturated heterocycles. The van der Waals surface area contributed by atoms with Crippen molar-refractivity contribution in [1.29, 1.82) is 0 Å². The van der Waals surface area contributed by atoms with E-state index in [1.807, 2.05) is 20.8 Å². The first-order chi connectivity index (χ1) is 9.47. The van der Waals surface area contributed by atoms with Crippen molar-refractivity contribution >= 4 is 5.97 Å².